The molecule has 0 bridgehead atoms. The molecule has 0 saturated carbocycles. The van der Waals surface area contributed by atoms with Gasteiger partial charge in [0.2, 0.25) is 11.7 Å². The number of hydrogen-bond acceptors (Lipinski definition) is 5. The van der Waals surface area contributed by atoms with Gasteiger partial charge in [0, 0.05) is 31.5 Å². The summed E-state index contributed by atoms with van der Waals surface area (Å²) < 4.78 is 5.01. The third-order valence-electron chi connectivity index (χ3n) is 4.13. The van der Waals surface area contributed by atoms with Crippen molar-refractivity contribution in [3.8, 4) is 11.4 Å². The van der Waals surface area contributed by atoms with E-state index in [1.165, 1.54) is 0 Å². The maximum Gasteiger partial charge on any atom is 0.321 e. The van der Waals surface area contributed by atoms with Gasteiger partial charge in [-0.25, -0.2) is 4.79 Å². The SMILES string of the molecule is Cc1nc(-c2ccccc2NC(=O)N2CCC(C(C)O)C2)no1. The van der Waals surface area contributed by atoms with Crippen molar-refractivity contribution in [2.45, 2.75) is 26.4 Å². The minimum absolute atomic E-state index is 0.135. The number of nitrogens with one attached hydrogen (secondary N) is 1. The van der Waals surface area contributed by atoms with Crippen LogP contribution >= 0.6 is 0 Å². The van der Waals surface area contributed by atoms with Crippen LogP contribution in [0.25, 0.3) is 11.4 Å². The van der Waals surface area contributed by atoms with Gasteiger partial charge in [-0.3, -0.25) is 0 Å². The van der Waals surface area contributed by atoms with Crippen LogP contribution in [-0.4, -0.2) is 45.4 Å². The molecular weight excluding hydrogens is 296 g/mol. The van der Waals surface area contributed by atoms with Crippen molar-refractivity contribution in [2.24, 2.45) is 5.92 Å². The number of aryl methyl sites for hydroxylation is 1. The smallest absolute Gasteiger partial charge is 0.321 e. The van der Waals surface area contributed by atoms with Crippen LogP contribution in [0.15, 0.2) is 28.8 Å². The summed E-state index contributed by atoms with van der Waals surface area (Å²) >= 11 is 0. The van der Waals surface area contributed by atoms with Gasteiger partial charge in [0.05, 0.1) is 11.8 Å². The molecule has 1 saturated heterocycles. The first-order chi connectivity index (χ1) is 11.0. The summed E-state index contributed by atoms with van der Waals surface area (Å²) in [6.45, 7) is 4.69. The maximum atomic E-state index is 12.4. The number of carbonyl (C=O) groups excluding carboxylic acids is 1. The molecule has 7 heteroatoms. The first-order valence-electron chi connectivity index (χ1n) is 7.68. The molecule has 2 unspecified atom stereocenters. The molecule has 3 rings (SSSR count). The molecule has 7 nitrogen and oxygen atoms in total. The highest BCUT2D eigenvalue weighted by molar-refractivity contribution is 5.93. The zero-order valence-corrected chi connectivity index (χ0v) is 13.2. The fraction of sp³-hybridized carbons (Fsp3) is 0.438. The molecule has 0 radical (unpaired) electrons. The zero-order valence-electron chi connectivity index (χ0n) is 13.2. The van der Waals surface area contributed by atoms with Crippen LogP contribution in [0, 0.1) is 12.8 Å². The Morgan fingerprint density at radius 3 is 2.91 bits per heavy atom. The normalized spacial score (nSPS) is 18.9. The molecular formula is C16H20N4O3. The number of aromatic nitrogens is 2. The molecule has 2 atom stereocenters. The van der Waals surface area contributed by atoms with E-state index in [0.29, 0.717) is 36.1 Å². The van der Waals surface area contributed by atoms with Crippen LogP contribution in [0.3, 0.4) is 0 Å². The Kier molecular flexibility index (Phi) is 4.29. The largest absolute Gasteiger partial charge is 0.393 e. The number of likely N-dealkylation sites (tertiary alicyclic amines) is 1. The highest BCUT2D eigenvalue weighted by atomic mass is 16.5. The van der Waals surface area contributed by atoms with Gasteiger partial charge in [0.15, 0.2) is 0 Å². The second-order valence-corrected chi connectivity index (χ2v) is 5.85. The number of para-hydroxylation sites is 1. The number of hydrogen-bond donors (Lipinski definition) is 2. The molecule has 2 heterocycles. The molecule has 2 aromatic rings. The van der Waals surface area contributed by atoms with Gasteiger partial charge < -0.3 is 19.8 Å². The number of rotatable bonds is 3. The molecule has 0 aliphatic carbocycles. The Balaban J connectivity index is 1.75. The average molecular weight is 316 g/mol. The molecule has 2 amide bonds. The van der Waals surface area contributed by atoms with E-state index in [1.807, 2.05) is 18.2 Å². The lowest BCUT2D eigenvalue weighted by Crippen LogP contribution is -2.34. The first-order valence-corrected chi connectivity index (χ1v) is 7.68. The lowest BCUT2D eigenvalue weighted by molar-refractivity contribution is 0.130. The van der Waals surface area contributed by atoms with Crippen molar-refractivity contribution in [1.82, 2.24) is 15.0 Å². The second-order valence-electron chi connectivity index (χ2n) is 5.85. The van der Waals surface area contributed by atoms with Gasteiger partial charge in [-0.2, -0.15) is 4.98 Å². The summed E-state index contributed by atoms with van der Waals surface area (Å²) in [6, 6.07) is 7.16. The van der Waals surface area contributed by atoms with E-state index in [2.05, 4.69) is 15.5 Å². The first kappa shape index (κ1) is 15.5. The van der Waals surface area contributed by atoms with Gasteiger partial charge in [0.1, 0.15) is 0 Å². The van der Waals surface area contributed by atoms with E-state index in [-0.39, 0.29) is 11.9 Å². The predicted molar refractivity (Wildman–Crippen MR) is 84.9 cm³/mol. The van der Waals surface area contributed by atoms with E-state index in [4.69, 9.17) is 4.52 Å². The third-order valence-corrected chi connectivity index (χ3v) is 4.13. The fourth-order valence-corrected chi connectivity index (χ4v) is 2.76. The van der Waals surface area contributed by atoms with Crippen molar-refractivity contribution in [3.05, 3.63) is 30.2 Å². The summed E-state index contributed by atoms with van der Waals surface area (Å²) in [5.74, 6) is 1.05. The Bertz CT molecular complexity index is 698. The van der Waals surface area contributed by atoms with E-state index >= 15 is 0 Å². The molecule has 2 N–H and O–H groups in total. The molecule has 1 aromatic carbocycles. The Labute approximate surface area is 134 Å². The minimum Gasteiger partial charge on any atom is -0.393 e. The van der Waals surface area contributed by atoms with Crippen LogP contribution in [0.1, 0.15) is 19.2 Å². The number of benzene rings is 1. The van der Waals surface area contributed by atoms with Crippen molar-refractivity contribution in [1.29, 1.82) is 0 Å². The number of aliphatic hydroxyl groups excluding tert-OH is 1. The predicted octanol–water partition coefficient (Wildman–Crippen LogP) is 2.28. The highest BCUT2D eigenvalue weighted by Crippen LogP contribution is 2.27. The van der Waals surface area contributed by atoms with Crippen LogP contribution in [0.2, 0.25) is 0 Å². The third kappa shape index (κ3) is 3.34. The Morgan fingerprint density at radius 1 is 1.48 bits per heavy atom. The van der Waals surface area contributed by atoms with E-state index < -0.39 is 6.10 Å². The molecule has 122 valence electrons. The van der Waals surface area contributed by atoms with Crippen LogP contribution < -0.4 is 5.32 Å². The van der Waals surface area contributed by atoms with Crippen molar-refractivity contribution in [3.63, 3.8) is 0 Å². The van der Waals surface area contributed by atoms with Gasteiger partial charge >= 0.3 is 6.03 Å². The maximum absolute atomic E-state index is 12.4. The highest BCUT2D eigenvalue weighted by Gasteiger charge is 2.29. The summed E-state index contributed by atoms with van der Waals surface area (Å²) in [5.41, 5.74) is 1.35. The van der Waals surface area contributed by atoms with E-state index in [1.54, 1.807) is 24.8 Å². The second kappa shape index (κ2) is 6.37. The van der Waals surface area contributed by atoms with Gasteiger partial charge in [-0.15, -0.1) is 0 Å². The summed E-state index contributed by atoms with van der Waals surface area (Å²) in [4.78, 5) is 18.4. The minimum atomic E-state index is -0.401. The quantitative estimate of drug-likeness (QED) is 0.906. The monoisotopic (exact) mass is 316 g/mol. The zero-order chi connectivity index (χ0) is 16.4. The van der Waals surface area contributed by atoms with Crippen molar-refractivity contribution < 1.29 is 14.4 Å². The Morgan fingerprint density at radius 2 is 2.26 bits per heavy atom. The number of carbonyl (C=O) groups is 1. The van der Waals surface area contributed by atoms with E-state index in [0.717, 1.165) is 6.42 Å². The number of urea groups is 1. The summed E-state index contributed by atoms with van der Waals surface area (Å²) in [6.07, 6.45) is 0.416. The molecule has 23 heavy (non-hydrogen) atoms. The standard InChI is InChI=1S/C16H20N4O3/c1-10(21)12-7-8-20(9-12)16(22)18-14-6-4-3-5-13(14)15-17-11(2)23-19-15/h3-6,10,12,21H,7-9H2,1-2H3,(H,18,22). The van der Waals surface area contributed by atoms with Gasteiger partial charge in [-0.05, 0) is 25.5 Å². The molecule has 1 aliphatic heterocycles. The van der Waals surface area contributed by atoms with Crippen LogP contribution in [-0.2, 0) is 0 Å². The number of amides is 2. The van der Waals surface area contributed by atoms with Gasteiger partial charge in [0.25, 0.3) is 0 Å². The number of nitrogens with zero attached hydrogens (tertiary/aromatic N) is 3. The lowest BCUT2D eigenvalue weighted by atomic mass is 10.0. The van der Waals surface area contributed by atoms with E-state index in [9.17, 15) is 9.90 Å². The number of aliphatic hydroxyl groups is 1. The average Bonchev–Trinajstić information content (AvgIpc) is 3.17. The van der Waals surface area contributed by atoms with Crippen molar-refractivity contribution in [2.75, 3.05) is 18.4 Å². The molecule has 1 aromatic heterocycles. The summed E-state index contributed by atoms with van der Waals surface area (Å²) in [7, 11) is 0. The topological polar surface area (TPSA) is 91.5 Å². The lowest BCUT2D eigenvalue weighted by Gasteiger charge is -2.19. The number of anilines is 1. The summed E-state index contributed by atoms with van der Waals surface area (Å²) in [5, 5.41) is 16.5. The van der Waals surface area contributed by atoms with Gasteiger partial charge in [-0.1, -0.05) is 17.3 Å². The Hall–Kier alpha value is -2.41. The van der Waals surface area contributed by atoms with Crippen LogP contribution in [0.5, 0.6) is 0 Å². The molecule has 1 aliphatic rings. The van der Waals surface area contributed by atoms with Crippen molar-refractivity contribution >= 4 is 11.7 Å². The fourth-order valence-electron chi connectivity index (χ4n) is 2.76. The van der Waals surface area contributed by atoms with Crippen LogP contribution in [0.4, 0.5) is 10.5 Å². The molecule has 1 fully saturated rings. The molecule has 0 spiro atoms.